The molecule has 0 unspecified atom stereocenters. The molecule has 8 nitrogen and oxygen atoms in total. The van der Waals surface area contributed by atoms with Gasteiger partial charge in [-0.15, -0.1) is 0 Å². The van der Waals surface area contributed by atoms with Crippen LogP contribution in [-0.2, 0) is 10.0 Å². The van der Waals surface area contributed by atoms with Crippen LogP contribution in [0.15, 0.2) is 53.6 Å². The minimum atomic E-state index is -4.06. The van der Waals surface area contributed by atoms with Gasteiger partial charge in [-0.25, -0.2) is 0 Å². The number of nitrogens with zero attached hydrogens (tertiary/aromatic N) is 1. The van der Waals surface area contributed by atoms with E-state index in [1.165, 1.54) is 0 Å². The Balaban J connectivity index is 1.84. The topological polar surface area (TPSA) is 113 Å². The first-order valence-corrected chi connectivity index (χ1v) is 10.5. The van der Waals surface area contributed by atoms with Crippen LogP contribution in [0.3, 0.4) is 0 Å². The molecule has 9 heteroatoms. The minimum absolute atomic E-state index is 0.0431. The van der Waals surface area contributed by atoms with Crippen molar-refractivity contribution in [3.8, 4) is 5.75 Å². The SMILES string of the molecule is CCOc1ccc(NC(=O)c2c(S(=O)(=O)Nc3ccc(C)cc3)n[nH]c2C)cc1. The van der Waals surface area contributed by atoms with E-state index in [2.05, 4.69) is 20.2 Å². The van der Waals surface area contributed by atoms with Crippen LogP contribution in [-0.4, -0.2) is 31.1 Å². The summed E-state index contributed by atoms with van der Waals surface area (Å²) >= 11 is 0. The van der Waals surface area contributed by atoms with E-state index in [-0.39, 0.29) is 10.6 Å². The molecule has 3 rings (SSSR count). The predicted octanol–water partition coefficient (Wildman–Crippen LogP) is 3.48. The van der Waals surface area contributed by atoms with Gasteiger partial charge in [0.05, 0.1) is 6.61 Å². The lowest BCUT2D eigenvalue weighted by molar-refractivity contribution is 0.102. The number of aromatic amines is 1. The Labute approximate surface area is 169 Å². The number of rotatable bonds is 7. The second-order valence-corrected chi connectivity index (χ2v) is 8.01. The maximum Gasteiger partial charge on any atom is 0.282 e. The lowest BCUT2D eigenvalue weighted by Crippen LogP contribution is -2.20. The first-order valence-electron chi connectivity index (χ1n) is 8.99. The van der Waals surface area contributed by atoms with Gasteiger partial charge in [-0.3, -0.25) is 14.6 Å². The summed E-state index contributed by atoms with van der Waals surface area (Å²) in [7, 11) is -4.06. The lowest BCUT2D eigenvalue weighted by atomic mass is 10.2. The van der Waals surface area contributed by atoms with Gasteiger partial charge in [0.25, 0.3) is 15.9 Å². The van der Waals surface area contributed by atoms with Crippen LogP contribution < -0.4 is 14.8 Å². The number of hydrogen-bond acceptors (Lipinski definition) is 5. The summed E-state index contributed by atoms with van der Waals surface area (Å²) < 4.78 is 33.4. The minimum Gasteiger partial charge on any atom is -0.494 e. The molecule has 152 valence electrons. The first kappa shape index (κ1) is 20.4. The molecule has 3 aromatic rings. The molecule has 0 aliphatic rings. The number of sulfonamides is 1. The fourth-order valence-electron chi connectivity index (χ4n) is 2.69. The molecule has 3 N–H and O–H groups in total. The van der Waals surface area contributed by atoms with Crippen molar-refractivity contribution in [2.75, 3.05) is 16.6 Å². The van der Waals surface area contributed by atoms with Crippen LogP contribution in [0.25, 0.3) is 0 Å². The van der Waals surface area contributed by atoms with E-state index < -0.39 is 15.9 Å². The number of anilines is 2. The summed E-state index contributed by atoms with van der Waals surface area (Å²) in [5.74, 6) is 0.0975. The Hall–Kier alpha value is -3.33. The average molecular weight is 414 g/mol. The fourth-order valence-corrected chi connectivity index (χ4v) is 3.91. The van der Waals surface area contributed by atoms with E-state index >= 15 is 0 Å². The number of aryl methyl sites for hydroxylation is 2. The van der Waals surface area contributed by atoms with Crippen molar-refractivity contribution >= 4 is 27.3 Å². The zero-order valence-corrected chi connectivity index (χ0v) is 17.1. The van der Waals surface area contributed by atoms with E-state index in [9.17, 15) is 13.2 Å². The Morgan fingerprint density at radius 3 is 2.28 bits per heavy atom. The van der Waals surface area contributed by atoms with Gasteiger partial charge < -0.3 is 10.1 Å². The molecule has 0 spiro atoms. The number of ether oxygens (including phenoxy) is 1. The molecular weight excluding hydrogens is 392 g/mol. The summed E-state index contributed by atoms with van der Waals surface area (Å²) in [5, 5.41) is 8.76. The number of carbonyl (C=O) groups is 1. The normalized spacial score (nSPS) is 11.1. The smallest absolute Gasteiger partial charge is 0.282 e. The Kier molecular flexibility index (Phi) is 5.88. The molecule has 1 aromatic heterocycles. The van der Waals surface area contributed by atoms with E-state index in [4.69, 9.17) is 4.74 Å². The molecule has 0 bridgehead atoms. The Morgan fingerprint density at radius 2 is 1.66 bits per heavy atom. The van der Waals surface area contributed by atoms with E-state index in [1.807, 2.05) is 13.8 Å². The molecule has 29 heavy (non-hydrogen) atoms. The zero-order valence-electron chi connectivity index (χ0n) is 16.3. The molecular formula is C20H22N4O4S. The van der Waals surface area contributed by atoms with E-state index in [1.54, 1.807) is 55.5 Å². The van der Waals surface area contributed by atoms with E-state index in [0.717, 1.165) is 5.56 Å². The monoisotopic (exact) mass is 414 g/mol. The van der Waals surface area contributed by atoms with Crippen LogP contribution in [0, 0.1) is 13.8 Å². The van der Waals surface area contributed by atoms with Gasteiger partial charge in [0.1, 0.15) is 11.3 Å². The van der Waals surface area contributed by atoms with Crippen LogP contribution in [0.1, 0.15) is 28.5 Å². The van der Waals surface area contributed by atoms with Gasteiger partial charge in [0.15, 0.2) is 0 Å². The van der Waals surface area contributed by atoms with Gasteiger partial charge in [-0.1, -0.05) is 17.7 Å². The molecule has 0 atom stereocenters. The van der Waals surface area contributed by atoms with Gasteiger partial charge in [0.2, 0.25) is 5.03 Å². The largest absolute Gasteiger partial charge is 0.494 e. The number of hydrogen-bond donors (Lipinski definition) is 3. The maximum absolute atomic E-state index is 12.8. The standard InChI is InChI=1S/C20H22N4O4S/c1-4-28-17-11-9-15(10-12-17)21-19(25)18-14(3)22-23-20(18)29(26,27)24-16-7-5-13(2)6-8-16/h5-12,24H,4H2,1-3H3,(H,21,25)(H,22,23). The van der Waals surface area contributed by atoms with E-state index in [0.29, 0.717) is 29.4 Å². The Morgan fingerprint density at radius 1 is 1.03 bits per heavy atom. The highest BCUT2D eigenvalue weighted by Crippen LogP contribution is 2.22. The van der Waals surface area contributed by atoms with Gasteiger partial charge >= 0.3 is 0 Å². The van der Waals surface area contributed by atoms with Gasteiger partial charge in [-0.2, -0.15) is 13.5 Å². The molecule has 0 radical (unpaired) electrons. The molecule has 2 aromatic carbocycles. The van der Waals surface area contributed by atoms with Gasteiger partial charge in [-0.05, 0) is 57.2 Å². The number of benzene rings is 2. The zero-order chi connectivity index (χ0) is 21.0. The van der Waals surface area contributed by atoms with Crippen LogP contribution in [0.5, 0.6) is 5.75 Å². The molecule has 0 aliphatic heterocycles. The summed E-state index contributed by atoms with van der Waals surface area (Å²) in [5.41, 5.74) is 2.19. The molecule has 1 heterocycles. The van der Waals surface area contributed by atoms with Crippen molar-refractivity contribution in [3.63, 3.8) is 0 Å². The third kappa shape index (κ3) is 4.75. The predicted molar refractivity (Wildman–Crippen MR) is 111 cm³/mol. The first-order chi connectivity index (χ1) is 13.8. The fraction of sp³-hybridized carbons (Fsp3) is 0.200. The third-order valence-corrected chi connectivity index (χ3v) is 5.43. The lowest BCUT2D eigenvalue weighted by Gasteiger charge is -2.10. The number of amides is 1. The third-order valence-electron chi connectivity index (χ3n) is 4.12. The number of carbonyl (C=O) groups excluding carboxylic acids is 1. The molecule has 1 amide bonds. The summed E-state index contributed by atoms with van der Waals surface area (Å²) in [6.07, 6.45) is 0. The highest BCUT2D eigenvalue weighted by Gasteiger charge is 2.28. The second-order valence-electron chi connectivity index (χ2n) is 6.41. The highest BCUT2D eigenvalue weighted by atomic mass is 32.2. The summed E-state index contributed by atoms with van der Waals surface area (Å²) in [4.78, 5) is 12.8. The van der Waals surface area contributed by atoms with Crippen molar-refractivity contribution in [3.05, 3.63) is 65.4 Å². The number of aromatic nitrogens is 2. The van der Waals surface area contributed by atoms with Crippen molar-refractivity contribution in [1.29, 1.82) is 0 Å². The highest BCUT2D eigenvalue weighted by molar-refractivity contribution is 7.92. The molecule has 0 saturated carbocycles. The van der Waals surface area contributed by atoms with Crippen molar-refractivity contribution in [2.45, 2.75) is 25.8 Å². The van der Waals surface area contributed by atoms with Crippen LogP contribution in [0.2, 0.25) is 0 Å². The Bertz CT molecular complexity index is 1100. The second kappa shape index (κ2) is 8.36. The van der Waals surface area contributed by atoms with Crippen LogP contribution in [0.4, 0.5) is 11.4 Å². The maximum atomic E-state index is 12.8. The summed E-state index contributed by atoms with van der Waals surface area (Å²) in [6, 6.07) is 13.7. The van der Waals surface area contributed by atoms with Crippen molar-refractivity contribution < 1.29 is 17.9 Å². The number of H-pyrrole nitrogens is 1. The van der Waals surface area contributed by atoms with Gasteiger partial charge in [0, 0.05) is 17.1 Å². The van der Waals surface area contributed by atoms with Crippen molar-refractivity contribution in [2.24, 2.45) is 0 Å². The average Bonchev–Trinajstić information content (AvgIpc) is 3.08. The number of nitrogens with one attached hydrogen (secondary N) is 3. The molecule has 0 saturated heterocycles. The molecule has 0 aliphatic carbocycles. The van der Waals surface area contributed by atoms with Crippen LogP contribution >= 0.6 is 0 Å². The molecule has 0 fully saturated rings. The van der Waals surface area contributed by atoms with Crippen molar-refractivity contribution in [1.82, 2.24) is 10.2 Å². The summed E-state index contributed by atoms with van der Waals surface area (Å²) in [6.45, 7) is 5.91. The quantitative estimate of drug-likeness (QED) is 0.548.